The number of Topliss-reactive ketones (excluding diaryl/α,β-unsaturated/α-hetero) is 1. The molecular formula is C22H28N4O. The van der Waals surface area contributed by atoms with Gasteiger partial charge in [-0.1, -0.05) is 26.0 Å². The summed E-state index contributed by atoms with van der Waals surface area (Å²) >= 11 is 0. The average molecular weight is 364 g/mol. The Morgan fingerprint density at radius 2 is 1.85 bits per heavy atom. The second kappa shape index (κ2) is 5.98. The van der Waals surface area contributed by atoms with Gasteiger partial charge in [0.25, 0.3) is 0 Å². The number of hydrogen-bond acceptors (Lipinski definition) is 4. The van der Waals surface area contributed by atoms with Crippen molar-refractivity contribution in [2.24, 2.45) is 12.5 Å². The highest BCUT2D eigenvalue weighted by Crippen LogP contribution is 2.49. The second-order valence-corrected chi connectivity index (χ2v) is 8.85. The van der Waals surface area contributed by atoms with Gasteiger partial charge in [0.05, 0.1) is 5.69 Å². The van der Waals surface area contributed by atoms with Crippen LogP contribution in [0.15, 0.2) is 35.5 Å². The van der Waals surface area contributed by atoms with Gasteiger partial charge in [-0.3, -0.25) is 9.48 Å². The fraction of sp³-hybridized carbons (Fsp3) is 0.455. The third-order valence-electron chi connectivity index (χ3n) is 5.78. The maximum atomic E-state index is 13.2. The van der Waals surface area contributed by atoms with Gasteiger partial charge in [-0.15, -0.1) is 0 Å². The molecule has 1 aliphatic carbocycles. The van der Waals surface area contributed by atoms with E-state index in [9.17, 15) is 4.79 Å². The molecule has 27 heavy (non-hydrogen) atoms. The highest BCUT2D eigenvalue weighted by atomic mass is 16.1. The van der Waals surface area contributed by atoms with E-state index in [4.69, 9.17) is 0 Å². The van der Waals surface area contributed by atoms with Crippen LogP contribution in [0.25, 0.3) is 0 Å². The van der Waals surface area contributed by atoms with Crippen LogP contribution in [0.1, 0.15) is 49.4 Å². The molecule has 0 radical (unpaired) electrons. The maximum Gasteiger partial charge on any atom is 0.162 e. The first-order valence-corrected chi connectivity index (χ1v) is 9.52. The molecule has 2 aliphatic rings. The molecule has 1 aromatic heterocycles. The topological polar surface area (TPSA) is 50.2 Å². The zero-order valence-corrected chi connectivity index (χ0v) is 17.1. The van der Waals surface area contributed by atoms with Crippen LogP contribution in [0.5, 0.6) is 0 Å². The van der Waals surface area contributed by atoms with Crippen molar-refractivity contribution in [3.63, 3.8) is 0 Å². The van der Waals surface area contributed by atoms with Crippen LogP contribution in [0.4, 0.5) is 11.5 Å². The van der Waals surface area contributed by atoms with E-state index in [1.54, 1.807) is 0 Å². The molecule has 4 rings (SSSR count). The molecule has 1 aromatic carbocycles. The van der Waals surface area contributed by atoms with Gasteiger partial charge < -0.3 is 10.2 Å². The molecule has 5 heteroatoms. The molecule has 142 valence electrons. The number of benzene rings is 1. The zero-order chi connectivity index (χ0) is 19.5. The molecule has 0 spiro atoms. The van der Waals surface area contributed by atoms with Gasteiger partial charge in [0.1, 0.15) is 5.82 Å². The third-order valence-corrected chi connectivity index (χ3v) is 5.78. The SMILES string of the molecule is Cc1nn(C)c2c1[C@H](c1ccc(N(C)C)cc1)C1=C(CC(C)(C)CC1=O)N2. The molecule has 1 aliphatic heterocycles. The Morgan fingerprint density at radius 3 is 2.48 bits per heavy atom. The smallest absolute Gasteiger partial charge is 0.162 e. The lowest BCUT2D eigenvalue weighted by Crippen LogP contribution is -2.34. The van der Waals surface area contributed by atoms with Gasteiger partial charge in [0.15, 0.2) is 5.78 Å². The van der Waals surface area contributed by atoms with E-state index in [2.05, 4.69) is 53.4 Å². The summed E-state index contributed by atoms with van der Waals surface area (Å²) in [5.74, 6) is 1.22. The molecule has 2 heterocycles. The molecule has 0 fully saturated rings. The molecule has 0 bridgehead atoms. The predicted molar refractivity (Wildman–Crippen MR) is 109 cm³/mol. The molecule has 1 atom stereocenters. The lowest BCUT2D eigenvalue weighted by atomic mass is 9.69. The Kier molecular flexibility index (Phi) is 3.95. The van der Waals surface area contributed by atoms with Gasteiger partial charge in [0.2, 0.25) is 0 Å². The van der Waals surface area contributed by atoms with E-state index >= 15 is 0 Å². The minimum Gasteiger partial charge on any atom is -0.378 e. The molecule has 0 amide bonds. The Labute approximate surface area is 161 Å². The van der Waals surface area contributed by atoms with Crippen LogP contribution in [0, 0.1) is 12.3 Å². The second-order valence-electron chi connectivity index (χ2n) is 8.85. The van der Waals surface area contributed by atoms with Crippen molar-refractivity contribution in [2.75, 3.05) is 24.3 Å². The Balaban J connectivity index is 1.91. The Morgan fingerprint density at radius 1 is 1.19 bits per heavy atom. The quantitative estimate of drug-likeness (QED) is 0.875. The number of ketones is 1. The van der Waals surface area contributed by atoms with Crippen LogP contribution >= 0.6 is 0 Å². The first kappa shape index (κ1) is 17.8. The number of allylic oxidation sites excluding steroid dienone is 2. The minimum atomic E-state index is -0.0511. The Hall–Kier alpha value is -2.56. The summed E-state index contributed by atoms with van der Waals surface area (Å²) < 4.78 is 1.90. The largest absolute Gasteiger partial charge is 0.378 e. The van der Waals surface area contributed by atoms with Crippen molar-refractivity contribution in [3.05, 3.63) is 52.4 Å². The minimum absolute atomic E-state index is 0.0204. The number of carbonyl (C=O) groups is 1. The molecule has 1 N–H and O–H groups in total. The number of anilines is 2. The predicted octanol–water partition coefficient (Wildman–Crippen LogP) is 4.00. The van der Waals surface area contributed by atoms with Gasteiger partial charge in [-0.05, 0) is 36.5 Å². The van der Waals surface area contributed by atoms with Crippen LogP contribution in [0.3, 0.4) is 0 Å². The van der Waals surface area contributed by atoms with Crippen LogP contribution in [-0.2, 0) is 11.8 Å². The van der Waals surface area contributed by atoms with E-state index in [0.717, 1.165) is 46.0 Å². The highest BCUT2D eigenvalue weighted by molar-refractivity contribution is 6.01. The molecular weight excluding hydrogens is 336 g/mol. The number of aromatic nitrogens is 2. The van der Waals surface area contributed by atoms with Gasteiger partial charge >= 0.3 is 0 Å². The summed E-state index contributed by atoms with van der Waals surface area (Å²) in [6, 6.07) is 8.55. The lowest BCUT2D eigenvalue weighted by Gasteiger charge is -2.38. The summed E-state index contributed by atoms with van der Waals surface area (Å²) in [7, 11) is 6.04. The Bertz CT molecular complexity index is 947. The fourth-order valence-electron chi connectivity index (χ4n) is 4.54. The number of aryl methyl sites for hydroxylation is 2. The summed E-state index contributed by atoms with van der Waals surface area (Å²) in [4.78, 5) is 15.3. The number of hydrogen-bond donors (Lipinski definition) is 1. The van der Waals surface area contributed by atoms with Crippen molar-refractivity contribution >= 4 is 17.3 Å². The first-order chi connectivity index (χ1) is 12.7. The number of rotatable bonds is 2. The maximum absolute atomic E-state index is 13.2. The van der Waals surface area contributed by atoms with Crippen molar-refractivity contribution < 1.29 is 4.79 Å². The van der Waals surface area contributed by atoms with Crippen molar-refractivity contribution in [1.82, 2.24) is 9.78 Å². The summed E-state index contributed by atoms with van der Waals surface area (Å²) in [6.07, 6.45) is 1.47. The standard InChI is InChI=1S/C22H28N4O/c1-13-18-19(14-7-9-15(10-8-14)25(4)5)20-16(23-21(18)26(6)24-13)11-22(2,3)12-17(20)27/h7-10,19,23H,11-12H2,1-6H3/t19-/m0/s1. The average Bonchev–Trinajstić information content (AvgIpc) is 2.86. The summed E-state index contributed by atoms with van der Waals surface area (Å²) in [5.41, 5.74) is 6.38. The van der Waals surface area contributed by atoms with Crippen molar-refractivity contribution in [1.29, 1.82) is 0 Å². The van der Waals surface area contributed by atoms with Gasteiger partial charge in [0, 0.05) is 56.0 Å². The molecule has 0 unspecified atom stereocenters. The van der Waals surface area contributed by atoms with Gasteiger partial charge in [-0.25, -0.2) is 0 Å². The van der Waals surface area contributed by atoms with E-state index in [1.165, 1.54) is 0 Å². The highest BCUT2D eigenvalue weighted by Gasteiger charge is 2.42. The lowest BCUT2D eigenvalue weighted by molar-refractivity contribution is -0.118. The van der Waals surface area contributed by atoms with E-state index in [-0.39, 0.29) is 17.1 Å². The van der Waals surface area contributed by atoms with E-state index in [1.807, 2.05) is 32.7 Å². The van der Waals surface area contributed by atoms with Crippen LogP contribution in [0.2, 0.25) is 0 Å². The number of carbonyl (C=O) groups excluding carboxylic acids is 1. The van der Waals surface area contributed by atoms with Crippen LogP contribution < -0.4 is 10.2 Å². The molecule has 0 saturated heterocycles. The molecule has 0 saturated carbocycles. The summed E-state index contributed by atoms with van der Waals surface area (Å²) in [5, 5.41) is 8.20. The zero-order valence-electron chi connectivity index (χ0n) is 17.1. The monoisotopic (exact) mass is 364 g/mol. The summed E-state index contributed by atoms with van der Waals surface area (Å²) in [6.45, 7) is 6.37. The van der Waals surface area contributed by atoms with Crippen molar-refractivity contribution in [3.8, 4) is 0 Å². The normalized spacial score (nSPS) is 20.8. The molecule has 2 aromatic rings. The van der Waals surface area contributed by atoms with E-state index < -0.39 is 0 Å². The van der Waals surface area contributed by atoms with Crippen LogP contribution in [-0.4, -0.2) is 29.7 Å². The third kappa shape index (κ3) is 2.85. The first-order valence-electron chi connectivity index (χ1n) is 9.52. The number of nitrogens with one attached hydrogen (secondary N) is 1. The van der Waals surface area contributed by atoms with Crippen molar-refractivity contribution in [2.45, 2.75) is 39.5 Å². The van der Waals surface area contributed by atoms with E-state index in [0.29, 0.717) is 6.42 Å². The number of nitrogens with zero attached hydrogens (tertiary/aromatic N) is 3. The fourth-order valence-corrected chi connectivity index (χ4v) is 4.54. The molecule has 5 nitrogen and oxygen atoms in total. The van der Waals surface area contributed by atoms with Gasteiger partial charge in [-0.2, -0.15) is 5.10 Å². The number of fused-ring (bicyclic) bond motifs is 1.